The van der Waals surface area contributed by atoms with Crippen LogP contribution in [0.15, 0.2) is 45.6 Å². The Morgan fingerprint density at radius 1 is 1.11 bits per heavy atom. The van der Waals surface area contributed by atoms with Gasteiger partial charge in [0.15, 0.2) is 6.04 Å². The monoisotopic (exact) mass is 398 g/mol. The summed E-state index contributed by atoms with van der Waals surface area (Å²) in [5, 5.41) is 2.78. The number of nitrogens with zero attached hydrogens (tertiary/aromatic N) is 1. The smallest absolute Gasteiger partial charge is 0.467 e. The van der Waals surface area contributed by atoms with Gasteiger partial charge in [-0.3, -0.25) is 9.59 Å². The van der Waals surface area contributed by atoms with Gasteiger partial charge in [-0.15, -0.1) is 0 Å². The molecule has 2 amide bonds. The van der Waals surface area contributed by atoms with Crippen LogP contribution in [0.3, 0.4) is 0 Å². The highest BCUT2D eigenvalue weighted by Gasteiger charge is 2.47. The Kier molecular flexibility index (Phi) is 6.11. The van der Waals surface area contributed by atoms with Crippen molar-refractivity contribution in [2.75, 3.05) is 0 Å². The molecule has 0 aromatic carbocycles. The van der Waals surface area contributed by atoms with Gasteiger partial charge in [-0.05, 0) is 37.1 Å². The number of alkyl halides is 3. The largest absolute Gasteiger partial charge is 0.471 e. The third-order valence-corrected chi connectivity index (χ3v) is 4.73. The van der Waals surface area contributed by atoms with Crippen LogP contribution in [0, 0.1) is 0 Å². The lowest BCUT2D eigenvalue weighted by Crippen LogP contribution is -2.50. The van der Waals surface area contributed by atoms with E-state index in [9.17, 15) is 22.8 Å². The predicted molar refractivity (Wildman–Crippen MR) is 91.8 cm³/mol. The Morgan fingerprint density at radius 2 is 1.79 bits per heavy atom. The summed E-state index contributed by atoms with van der Waals surface area (Å²) in [6.45, 7) is -0.519. The molecule has 2 aromatic heterocycles. The molecule has 152 valence electrons. The topological polar surface area (TPSA) is 75.7 Å². The van der Waals surface area contributed by atoms with Gasteiger partial charge in [0.25, 0.3) is 5.91 Å². The zero-order valence-corrected chi connectivity index (χ0v) is 15.1. The first-order valence-corrected chi connectivity index (χ1v) is 9.10. The lowest BCUT2D eigenvalue weighted by molar-refractivity contribution is -0.190. The number of furan rings is 2. The Bertz CT molecular complexity index is 766. The molecule has 0 spiro atoms. The lowest BCUT2D eigenvalue weighted by Gasteiger charge is -2.31. The third kappa shape index (κ3) is 4.76. The van der Waals surface area contributed by atoms with Crippen LogP contribution in [0.1, 0.15) is 49.7 Å². The number of halogens is 3. The summed E-state index contributed by atoms with van der Waals surface area (Å²) >= 11 is 0. The zero-order chi connectivity index (χ0) is 20.1. The fourth-order valence-corrected chi connectivity index (χ4v) is 3.41. The highest BCUT2D eigenvalue weighted by atomic mass is 19.4. The van der Waals surface area contributed by atoms with Gasteiger partial charge in [-0.1, -0.05) is 19.3 Å². The van der Waals surface area contributed by atoms with E-state index in [-0.39, 0.29) is 17.6 Å². The van der Waals surface area contributed by atoms with E-state index in [1.165, 1.54) is 36.8 Å². The molecule has 1 saturated carbocycles. The summed E-state index contributed by atoms with van der Waals surface area (Å²) in [7, 11) is 0. The SMILES string of the molecule is O=C(NC1CCCCC1)[C@H](c1ccco1)N(Cc1ccco1)C(=O)C(F)(F)F. The van der Waals surface area contributed by atoms with E-state index in [4.69, 9.17) is 8.83 Å². The molecule has 2 aromatic rings. The fraction of sp³-hybridized carbons (Fsp3) is 0.474. The van der Waals surface area contributed by atoms with Gasteiger partial charge in [0, 0.05) is 6.04 Å². The first kappa shape index (κ1) is 20.0. The Morgan fingerprint density at radius 3 is 2.36 bits per heavy atom. The van der Waals surface area contributed by atoms with E-state index in [0.29, 0.717) is 4.90 Å². The van der Waals surface area contributed by atoms with Crippen molar-refractivity contribution in [2.24, 2.45) is 0 Å². The normalized spacial score (nSPS) is 16.5. The molecule has 0 saturated heterocycles. The Hall–Kier alpha value is -2.71. The first-order valence-electron chi connectivity index (χ1n) is 9.10. The second kappa shape index (κ2) is 8.53. The van der Waals surface area contributed by atoms with Gasteiger partial charge in [-0.2, -0.15) is 13.2 Å². The molecule has 0 unspecified atom stereocenters. The van der Waals surface area contributed by atoms with E-state index in [0.717, 1.165) is 32.1 Å². The van der Waals surface area contributed by atoms with E-state index in [1.54, 1.807) is 0 Å². The van der Waals surface area contributed by atoms with Crippen LogP contribution in [-0.2, 0) is 16.1 Å². The molecule has 1 N–H and O–H groups in total. The highest BCUT2D eigenvalue weighted by molar-refractivity contribution is 5.90. The summed E-state index contributed by atoms with van der Waals surface area (Å²) in [4.78, 5) is 25.6. The maximum absolute atomic E-state index is 13.3. The van der Waals surface area contributed by atoms with Crippen molar-refractivity contribution in [3.8, 4) is 0 Å². The molecule has 0 aliphatic heterocycles. The van der Waals surface area contributed by atoms with Crippen LogP contribution in [0.25, 0.3) is 0 Å². The maximum atomic E-state index is 13.3. The minimum Gasteiger partial charge on any atom is -0.467 e. The number of hydrogen-bond acceptors (Lipinski definition) is 4. The summed E-state index contributed by atoms with van der Waals surface area (Å²) in [5.74, 6) is -2.76. The first-order chi connectivity index (χ1) is 13.4. The van der Waals surface area contributed by atoms with Crippen LogP contribution in [0.4, 0.5) is 13.2 Å². The number of carbonyl (C=O) groups is 2. The Balaban J connectivity index is 1.91. The zero-order valence-electron chi connectivity index (χ0n) is 15.1. The quantitative estimate of drug-likeness (QED) is 0.799. The third-order valence-electron chi connectivity index (χ3n) is 4.73. The number of amides is 2. The molecule has 3 rings (SSSR count). The standard InChI is InChI=1S/C19H21F3N2O4/c20-19(21,22)18(26)24(12-14-8-4-10-27-14)16(15-9-5-11-28-15)17(25)23-13-6-2-1-3-7-13/h4-5,8-11,13,16H,1-3,6-7,12H2,(H,23,25)/t16-/m0/s1. The van der Waals surface area contributed by atoms with E-state index < -0.39 is 30.6 Å². The van der Waals surface area contributed by atoms with Crippen LogP contribution in [-0.4, -0.2) is 28.9 Å². The molecule has 0 bridgehead atoms. The van der Waals surface area contributed by atoms with Crippen LogP contribution >= 0.6 is 0 Å². The van der Waals surface area contributed by atoms with Gasteiger partial charge in [0.1, 0.15) is 11.5 Å². The number of rotatable bonds is 6. The number of hydrogen-bond donors (Lipinski definition) is 1. The summed E-state index contributed by atoms with van der Waals surface area (Å²) in [6, 6.07) is 4.08. The molecule has 6 nitrogen and oxygen atoms in total. The van der Waals surface area contributed by atoms with Gasteiger partial charge in [0.05, 0.1) is 19.1 Å². The summed E-state index contributed by atoms with van der Waals surface area (Å²) in [6.07, 6.45) is 1.83. The number of carbonyl (C=O) groups excluding carboxylic acids is 2. The minimum atomic E-state index is -5.15. The molecule has 1 aliphatic rings. The molecule has 9 heteroatoms. The minimum absolute atomic E-state index is 0.0440. The second-order valence-corrected chi connectivity index (χ2v) is 6.77. The van der Waals surface area contributed by atoms with E-state index in [2.05, 4.69) is 5.32 Å². The highest BCUT2D eigenvalue weighted by Crippen LogP contribution is 2.30. The summed E-state index contributed by atoms with van der Waals surface area (Å²) in [5.41, 5.74) is 0. The van der Waals surface area contributed by atoms with Crippen LogP contribution in [0.5, 0.6) is 0 Å². The van der Waals surface area contributed by atoms with Crippen molar-refractivity contribution < 1.29 is 31.6 Å². The fourth-order valence-electron chi connectivity index (χ4n) is 3.41. The molecule has 1 aliphatic carbocycles. The molecule has 0 radical (unpaired) electrons. The van der Waals surface area contributed by atoms with E-state index in [1.807, 2.05) is 0 Å². The lowest BCUT2D eigenvalue weighted by atomic mass is 9.95. The van der Waals surface area contributed by atoms with Crippen molar-refractivity contribution in [3.63, 3.8) is 0 Å². The van der Waals surface area contributed by atoms with Gasteiger partial charge in [0.2, 0.25) is 0 Å². The average molecular weight is 398 g/mol. The predicted octanol–water partition coefficient (Wildman–Crippen LogP) is 3.95. The van der Waals surface area contributed by atoms with Gasteiger partial charge >= 0.3 is 12.1 Å². The molecular formula is C19H21F3N2O4. The average Bonchev–Trinajstić information content (AvgIpc) is 3.35. The van der Waals surface area contributed by atoms with Crippen LogP contribution < -0.4 is 5.32 Å². The van der Waals surface area contributed by atoms with E-state index >= 15 is 0 Å². The maximum Gasteiger partial charge on any atom is 0.471 e. The van der Waals surface area contributed by atoms with Crippen molar-refractivity contribution in [2.45, 2.75) is 56.9 Å². The van der Waals surface area contributed by atoms with Crippen molar-refractivity contribution in [1.29, 1.82) is 0 Å². The Labute approximate surface area is 159 Å². The molecule has 1 fully saturated rings. The second-order valence-electron chi connectivity index (χ2n) is 6.77. The molecule has 1 atom stereocenters. The van der Waals surface area contributed by atoms with Gasteiger partial charge < -0.3 is 19.1 Å². The molecule has 2 heterocycles. The molecule has 28 heavy (non-hydrogen) atoms. The van der Waals surface area contributed by atoms with Crippen molar-refractivity contribution >= 4 is 11.8 Å². The molecular weight excluding hydrogens is 377 g/mol. The van der Waals surface area contributed by atoms with Crippen molar-refractivity contribution in [3.05, 3.63) is 48.3 Å². The van der Waals surface area contributed by atoms with Crippen LogP contribution in [0.2, 0.25) is 0 Å². The van der Waals surface area contributed by atoms with Gasteiger partial charge in [-0.25, -0.2) is 0 Å². The number of nitrogens with one attached hydrogen (secondary N) is 1. The summed E-state index contributed by atoms with van der Waals surface area (Å²) < 4.78 is 50.1. The van der Waals surface area contributed by atoms with Crippen molar-refractivity contribution in [1.82, 2.24) is 10.2 Å².